The van der Waals surface area contributed by atoms with Gasteiger partial charge >= 0.3 is 12.2 Å². The van der Waals surface area contributed by atoms with Crippen LogP contribution in [0.15, 0.2) is 35.9 Å². The highest BCUT2D eigenvalue weighted by Gasteiger charge is 2.36. The van der Waals surface area contributed by atoms with Crippen LogP contribution in [0, 0.1) is 0 Å². The molecule has 162 valence electrons. The van der Waals surface area contributed by atoms with Crippen LogP contribution in [0.2, 0.25) is 0 Å². The zero-order valence-corrected chi connectivity index (χ0v) is 18.6. The Bertz CT molecular complexity index is 915. The van der Waals surface area contributed by atoms with Crippen molar-refractivity contribution in [2.45, 2.75) is 45.4 Å². The van der Waals surface area contributed by atoms with E-state index in [1.54, 1.807) is 18.5 Å². The van der Waals surface area contributed by atoms with Crippen molar-refractivity contribution in [1.82, 2.24) is 13.9 Å². The highest BCUT2D eigenvalue weighted by molar-refractivity contribution is 7.95. The number of carbonyl (C=O) groups excluding carboxylic acids is 2. The molecule has 10 nitrogen and oxygen atoms in total. The molecule has 0 radical (unpaired) electrons. The van der Waals surface area contributed by atoms with E-state index in [1.165, 1.54) is 23.1 Å². The standard InChI is InChI=1S/C19H26N5O5S/c1-18(2)12-13-8-7-9-14(15(13)28-18)27-16(25)22(5)30-23(6)17(26)29-21-24-11-10-20-19(24,3)4/h7-11,20H,12H2,1-6H3/q+1. The number of rotatable bonds is 4. The minimum Gasteiger partial charge on any atom is -0.483 e. The maximum atomic E-state index is 12.5. The molecule has 1 aromatic carbocycles. The molecular formula is C19H26N5O5S+. The van der Waals surface area contributed by atoms with Gasteiger partial charge in [0.15, 0.2) is 11.5 Å². The number of benzene rings is 1. The Hall–Kier alpha value is -2.95. The highest BCUT2D eigenvalue weighted by atomic mass is 32.2. The molecule has 2 amide bonds. The number of ether oxygens (including phenoxy) is 2. The van der Waals surface area contributed by atoms with Gasteiger partial charge < -0.3 is 14.8 Å². The quantitative estimate of drug-likeness (QED) is 0.437. The van der Waals surface area contributed by atoms with Gasteiger partial charge in [-0.2, -0.15) is 0 Å². The second-order valence-electron chi connectivity index (χ2n) is 8.03. The average Bonchev–Trinajstić information content (AvgIpc) is 3.16. The molecule has 1 aromatic rings. The van der Waals surface area contributed by atoms with Crippen LogP contribution >= 0.6 is 12.1 Å². The van der Waals surface area contributed by atoms with Gasteiger partial charge in [0.25, 0.3) is 5.66 Å². The predicted molar refractivity (Wildman–Crippen MR) is 110 cm³/mol. The first-order chi connectivity index (χ1) is 14.0. The van der Waals surface area contributed by atoms with Gasteiger partial charge in [0.05, 0.1) is 18.3 Å². The topological polar surface area (TPSA) is 95.7 Å². The summed E-state index contributed by atoms with van der Waals surface area (Å²) in [6, 6.07) is 5.43. The average molecular weight is 437 g/mol. The van der Waals surface area contributed by atoms with E-state index in [9.17, 15) is 9.59 Å². The van der Waals surface area contributed by atoms with E-state index >= 15 is 0 Å². The number of nitrogens with zero attached hydrogens (tertiary/aromatic N) is 4. The Labute approximate surface area is 179 Å². The SMILES string of the molecule is CN(SN(C)C(=O)Oc1cccc2c1OC(C)(C)C2)C(=O)ON=[N+]1C=CNC1(C)C. The van der Waals surface area contributed by atoms with Gasteiger partial charge in [0.1, 0.15) is 5.60 Å². The predicted octanol–water partition coefficient (Wildman–Crippen LogP) is 3.65. The van der Waals surface area contributed by atoms with Crippen molar-refractivity contribution in [3.8, 4) is 11.5 Å². The van der Waals surface area contributed by atoms with E-state index in [0.717, 1.165) is 28.4 Å². The van der Waals surface area contributed by atoms with Crippen LogP contribution in [0.3, 0.4) is 0 Å². The molecule has 0 fully saturated rings. The molecule has 30 heavy (non-hydrogen) atoms. The first-order valence-corrected chi connectivity index (χ1v) is 10.1. The second kappa shape index (κ2) is 8.05. The Morgan fingerprint density at radius 3 is 2.57 bits per heavy atom. The molecule has 0 aliphatic carbocycles. The summed E-state index contributed by atoms with van der Waals surface area (Å²) in [5, 5.41) is 6.85. The molecule has 11 heteroatoms. The minimum absolute atomic E-state index is 0.339. The van der Waals surface area contributed by atoms with Gasteiger partial charge in [-0.3, -0.25) is 0 Å². The molecular weight excluding hydrogens is 410 g/mol. The van der Waals surface area contributed by atoms with E-state index in [1.807, 2.05) is 39.8 Å². The Balaban J connectivity index is 1.56. The fourth-order valence-corrected chi connectivity index (χ4v) is 3.48. The first kappa shape index (κ1) is 21.8. The molecule has 1 N–H and O–H groups in total. The van der Waals surface area contributed by atoms with E-state index in [-0.39, 0.29) is 5.60 Å². The van der Waals surface area contributed by atoms with E-state index in [0.29, 0.717) is 11.5 Å². The van der Waals surface area contributed by atoms with Crippen LogP contribution in [0.1, 0.15) is 33.3 Å². The van der Waals surface area contributed by atoms with Crippen molar-refractivity contribution in [2.75, 3.05) is 14.1 Å². The minimum atomic E-state index is -0.749. The monoisotopic (exact) mass is 436 g/mol. The summed E-state index contributed by atoms with van der Waals surface area (Å²) in [5.74, 6) is 0.905. The summed E-state index contributed by atoms with van der Waals surface area (Å²) in [5.41, 5.74) is 0.128. The lowest BCUT2D eigenvalue weighted by atomic mass is 10.0. The summed E-state index contributed by atoms with van der Waals surface area (Å²) in [6.07, 6.45) is 2.66. The smallest absolute Gasteiger partial charge is 0.451 e. The number of hydrogen-bond acceptors (Lipinski definition) is 8. The number of carbonyl (C=O) groups is 2. The summed E-state index contributed by atoms with van der Waals surface area (Å²) >= 11 is 0.815. The van der Waals surface area contributed by atoms with Crippen molar-refractivity contribution in [2.24, 2.45) is 5.28 Å². The number of amides is 2. The summed E-state index contributed by atoms with van der Waals surface area (Å²) in [6.45, 7) is 7.69. The number of nitrogens with one attached hydrogen (secondary N) is 1. The third-order valence-corrected chi connectivity index (χ3v) is 5.23. The first-order valence-electron chi connectivity index (χ1n) is 9.32. The Morgan fingerprint density at radius 2 is 1.90 bits per heavy atom. The molecule has 0 saturated heterocycles. The van der Waals surface area contributed by atoms with Crippen molar-refractivity contribution >= 4 is 24.3 Å². The van der Waals surface area contributed by atoms with Gasteiger partial charge in [0, 0.05) is 39.9 Å². The van der Waals surface area contributed by atoms with Crippen molar-refractivity contribution in [3.63, 3.8) is 0 Å². The van der Waals surface area contributed by atoms with Gasteiger partial charge in [0.2, 0.25) is 11.5 Å². The zero-order chi connectivity index (χ0) is 22.1. The largest absolute Gasteiger partial charge is 0.483 e. The van der Waals surface area contributed by atoms with Crippen LogP contribution in [0.4, 0.5) is 9.59 Å². The maximum absolute atomic E-state index is 12.5. The summed E-state index contributed by atoms with van der Waals surface area (Å²) in [7, 11) is 2.94. The molecule has 0 saturated carbocycles. The van der Waals surface area contributed by atoms with Crippen LogP contribution < -0.4 is 14.8 Å². The van der Waals surface area contributed by atoms with Gasteiger partial charge in [-0.05, 0) is 24.6 Å². The molecule has 0 spiro atoms. The number of fused-ring (bicyclic) bond motifs is 1. The molecule has 3 rings (SSSR count). The lowest BCUT2D eigenvalue weighted by molar-refractivity contribution is -0.617. The molecule has 0 aromatic heterocycles. The molecule has 0 unspecified atom stereocenters. The highest BCUT2D eigenvalue weighted by Crippen LogP contribution is 2.42. The Morgan fingerprint density at radius 1 is 1.20 bits per heavy atom. The number of hydrogen-bond donors (Lipinski definition) is 1. The molecule has 0 atom stereocenters. The third-order valence-electron chi connectivity index (χ3n) is 4.44. The fraction of sp³-hybridized carbons (Fsp3) is 0.474. The number of para-hydroxylation sites is 1. The summed E-state index contributed by atoms with van der Waals surface area (Å²) < 4.78 is 15.1. The van der Waals surface area contributed by atoms with Crippen LogP contribution in [0.25, 0.3) is 0 Å². The third kappa shape index (κ3) is 4.78. The van der Waals surface area contributed by atoms with E-state index in [4.69, 9.17) is 14.3 Å². The summed E-state index contributed by atoms with van der Waals surface area (Å²) in [4.78, 5) is 29.6. The zero-order valence-electron chi connectivity index (χ0n) is 17.8. The van der Waals surface area contributed by atoms with E-state index < -0.39 is 17.8 Å². The van der Waals surface area contributed by atoms with Crippen molar-refractivity contribution in [3.05, 3.63) is 36.2 Å². The van der Waals surface area contributed by atoms with Gasteiger partial charge in [-0.25, -0.2) is 23.0 Å². The van der Waals surface area contributed by atoms with Crippen LogP contribution in [-0.2, 0) is 11.3 Å². The van der Waals surface area contributed by atoms with Crippen molar-refractivity contribution < 1.29 is 28.6 Å². The van der Waals surface area contributed by atoms with E-state index in [2.05, 4.69) is 10.6 Å². The lowest BCUT2D eigenvalue weighted by Gasteiger charge is -2.21. The maximum Gasteiger partial charge on any atom is 0.451 e. The molecule has 2 heterocycles. The van der Waals surface area contributed by atoms with Gasteiger partial charge in [-0.15, -0.1) is 0 Å². The second-order valence-corrected chi connectivity index (χ2v) is 9.29. The molecule has 2 aliphatic rings. The normalized spacial score (nSPS) is 18.9. The fourth-order valence-electron chi connectivity index (χ4n) is 2.91. The van der Waals surface area contributed by atoms with Crippen LogP contribution in [0.5, 0.6) is 11.5 Å². The lowest BCUT2D eigenvalue weighted by Crippen LogP contribution is -2.39. The molecule has 2 aliphatic heterocycles. The van der Waals surface area contributed by atoms with Crippen LogP contribution in [-0.4, -0.2) is 50.9 Å². The van der Waals surface area contributed by atoms with Gasteiger partial charge in [-0.1, -0.05) is 12.1 Å². The Kier molecular flexibility index (Phi) is 5.84. The van der Waals surface area contributed by atoms with Crippen molar-refractivity contribution in [1.29, 1.82) is 0 Å². The molecule has 0 bridgehead atoms.